The zero-order valence-electron chi connectivity index (χ0n) is 13.3. The second kappa shape index (κ2) is 6.71. The maximum absolute atomic E-state index is 12.6. The first-order valence-electron chi connectivity index (χ1n) is 8.43. The van der Waals surface area contributed by atoms with E-state index in [1.807, 2.05) is 30.3 Å². The third kappa shape index (κ3) is 3.39. The molecular formula is C18H24N2O3. The van der Waals surface area contributed by atoms with Crippen LogP contribution in [0.3, 0.4) is 0 Å². The molecule has 0 aliphatic heterocycles. The summed E-state index contributed by atoms with van der Waals surface area (Å²) < 4.78 is 0. The number of carbonyl (C=O) groups is 2. The molecule has 2 saturated carbocycles. The van der Waals surface area contributed by atoms with E-state index < -0.39 is 11.5 Å². The van der Waals surface area contributed by atoms with Crippen LogP contribution in [0.25, 0.3) is 0 Å². The Morgan fingerprint density at radius 2 is 1.83 bits per heavy atom. The molecule has 2 amide bonds. The number of rotatable bonds is 6. The van der Waals surface area contributed by atoms with Crippen molar-refractivity contribution in [3.63, 3.8) is 0 Å². The Bertz CT molecular complexity index is 563. The number of benzene rings is 1. The van der Waals surface area contributed by atoms with Gasteiger partial charge < -0.3 is 15.7 Å². The highest BCUT2D eigenvalue weighted by atomic mass is 16.3. The summed E-state index contributed by atoms with van der Waals surface area (Å²) in [5, 5.41) is 15.2. The Labute approximate surface area is 136 Å². The molecule has 0 bridgehead atoms. The molecule has 1 unspecified atom stereocenters. The normalized spacial score (nSPS) is 20.7. The van der Waals surface area contributed by atoms with Crippen molar-refractivity contribution < 1.29 is 14.7 Å². The Morgan fingerprint density at radius 3 is 2.39 bits per heavy atom. The number of carbonyl (C=O) groups excluding carboxylic acids is 2. The largest absolute Gasteiger partial charge is 0.394 e. The molecule has 124 valence electrons. The van der Waals surface area contributed by atoms with E-state index in [9.17, 15) is 14.7 Å². The lowest BCUT2D eigenvalue weighted by Crippen LogP contribution is -2.53. The SMILES string of the molecule is O=C(NC1CCCC1)C(CO)NC(=O)C1(c2ccccc2)CC1. The molecule has 23 heavy (non-hydrogen) atoms. The Balaban J connectivity index is 1.62. The second-order valence-electron chi connectivity index (χ2n) is 6.65. The first-order chi connectivity index (χ1) is 11.2. The predicted molar refractivity (Wildman–Crippen MR) is 86.8 cm³/mol. The molecule has 1 aromatic rings. The van der Waals surface area contributed by atoms with Gasteiger partial charge in [-0.25, -0.2) is 0 Å². The van der Waals surface area contributed by atoms with Gasteiger partial charge in [-0.1, -0.05) is 43.2 Å². The molecule has 5 nitrogen and oxygen atoms in total. The summed E-state index contributed by atoms with van der Waals surface area (Å²) in [6.45, 7) is -0.380. The molecule has 0 radical (unpaired) electrons. The van der Waals surface area contributed by atoms with Crippen molar-refractivity contribution in [2.45, 2.75) is 56.0 Å². The Kier molecular flexibility index (Phi) is 4.66. The summed E-state index contributed by atoms with van der Waals surface area (Å²) in [6.07, 6.45) is 5.77. The highest BCUT2D eigenvalue weighted by molar-refractivity contribution is 5.95. The maximum atomic E-state index is 12.6. The summed E-state index contributed by atoms with van der Waals surface area (Å²) >= 11 is 0. The quantitative estimate of drug-likeness (QED) is 0.739. The van der Waals surface area contributed by atoms with E-state index in [0.717, 1.165) is 44.1 Å². The fourth-order valence-electron chi connectivity index (χ4n) is 3.39. The molecule has 2 aliphatic carbocycles. The first-order valence-corrected chi connectivity index (χ1v) is 8.43. The molecule has 0 aromatic heterocycles. The van der Waals surface area contributed by atoms with Gasteiger partial charge in [0.1, 0.15) is 6.04 Å². The van der Waals surface area contributed by atoms with Gasteiger partial charge >= 0.3 is 0 Å². The summed E-state index contributed by atoms with van der Waals surface area (Å²) in [4.78, 5) is 24.9. The fraction of sp³-hybridized carbons (Fsp3) is 0.556. The van der Waals surface area contributed by atoms with Crippen LogP contribution in [0.2, 0.25) is 0 Å². The average Bonchev–Trinajstić information content (AvgIpc) is 3.24. The van der Waals surface area contributed by atoms with Crippen LogP contribution in [0.5, 0.6) is 0 Å². The Morgan fingerprint density at radius 1 is 1.17 bits per heavy atom. The van der Waals surface area contributed by atoms with Crippen LogP contribution in [0, 0.1) is 0 Å². The van der Waals surface area contributed by atoms with Crippen molar-refractivity contribution in [2.75, 3.05) is 6.61 Å². The molecule has 3 N–H and O–H groups in total. The number of aliphatic hydroxyl groups is 1. The van der Waals surface area contributed by atoms with Gasteiger partial charge in [0.2, 0.25) is 11.8 Å². The molecular weight excluding hydrogens is 292 g/mol. The van der Waals surface area contributed by atoms with Crippen molar-refractivity contribution in [3.8, 4) is 0 Å². The van der Waals surface area contributed by atoms with E-state index >= 15 is 0 Å². The number of aliphatic hydroxyl groups excluding tert-OH is 1. The lowest BCUT2D eigenvalue weighted by molar-refractivity contribution is -0.131. The van der Waals surface area contributed by atoms with Gasteiger partial charge in [0, 0.05) is 6.04 Å². The van der Waals surface area contributed by atoms with E-state index in [2.05, 4.69) is 10.6 Å². The maximum Gasteiger partial charge on any atom is 0.245 e. The molecule has 0 spiro atoms. The summed E-state index contributed by atoms with van der Waals surface area (Å²) in [5.74, 6) is -0.444. The monoisotopic (exact) mass is 316 g/mol. The lowest BCUT2D eigenvalue weighted by Gasteiger charge is -2.22. The highest BCUT2D eigenvalue weighted by Crippen LogP contribution is 2.48. The van der Waals surface area contributed by atoms with E-state index in [1.165, 1.54) is 0 Å². The minimum absolute atomic E-state index is 0.163. The molecule has 1 aromatic carbocycles. The van der Waals surface area contributed by atoms with Crippen LogP contribution in [0.4, 0.5) is 0 Å². The zero-order chi connectivity index (χ0) is 16.3. The third-order valence-corrected chi connectivity index (χ3v) is 5.02. The minimum atomic E-state index is -0.871. The van der Waals surface area contributed by atoms with Gasteiger partial charge in [0.05, 0.1) is 12.0 Å². The number of hydrogen-bond acceptors (Lipinski definition) is 3. The van der Waals surface area contributed by atoms with Crippen molar-refractivity contribution in [3.05, 3.63) is 35.9 Å². The fourth-order valence-corrected chi connectivity index (χ4v) is 3.39. The van der Waals surface area contributed by atoms with Crippen molar-refractivity contribution in [1.82, 2.24) is 10.6 Å². The summed E-state index contributed by atoms with van der Waals surface area (Å²) in [7, 11) is 0. The second-order valence-corrected chi connectivity index (χ2v) is 6.65. The Hall–Kier alpha value is -1.88. The van der Waals surface area contributed by atoms with Crippen LogP contribution in [-0.2, 0) is 15.0 Å². The lowest BCUT2D eigenvalue weighted by atomic mass is 9.94. The van der Waals surface area contributed by atoms with E-state index in [-0.39, 0.29) is 24.5 Å². The van der Waals surface area contributed by atoms with Gasteiger partial charge in [0.15, 0.2) is 0 Å². The molecule has 0 saturated heterocycles. The molecule has 3 rings (SSSR count). The van der Waals surface area contributed by atoms with E-state index in [1.54, 1.807) is 0 Å². The molecule has 1 atom stereocenters. The van der Waals surface area contributed by atoms with Gasteiger partial charge in [-0.05, 0) is 31.2 Å². The average molecular weight is 316 g/mol. The standard InChI is InChI=1S/C18H24N2O3/c21-12-15(16(22)19-14-8-4-5-9-14)20-17(23)18(10-11-18)13-6-2-1-3-7-13/h1-3,6-7,14-15,21H,4-5,8-12H2,(H,19,22)(H,20,23). The van der Waals surface area contributed by atoms with Crippen molar-refractivity contribution in [2.24, 2.45) is 0 Å². The van der Waals surface area contributed by atoms with Gasteiger partial charge in [-0.3, -0.25) is 9.59 Å². The van der Waals surface area contributed by atoms with Gasteiger partial charge in [-0.15, -0.1) is 0 Å². The third-order valence-electron chi connectivity index (χ3n) is 5.02. The van der Waals surface area contributed by atoms with Crippen LogP contribution in [-0.4, -0.2) is 35.6 Å². The van der Waals surface area contributed by atoms with Crippen LogP contribution in [0.1, 0.15) is 44.1 Å². The molecule has 2 fully saturated rings. The van der Waals surface area contributed by atoms with E-state index in [4.69, 9.17) is 0 Å². The number of amides is 2. The van der Waals surface area contributed by atoms with Gasteiger partial charge in [-0.2, -0.15) is 0 Å². The first kappa shape index (κ1) is 16.0. The molecule has 5 heteroatoms. The van der Waals surface area contributed by atoms with Crippen LogP contribution in [0.15, 0.2) is 30.3 Å². The van der Waals surface area contributed by atoms with Crippen LogP contribution >= 0.6 is 0 Å². The number of hydrogen-bond donors (Lipinski definition) is 3. The molecule has 0 heterocycles. The highest BCUT2D eigenvalue weighted by Gasteiger charge is 2.51. The zero-order valence-corrected chi connectivity index (χ0v) is 13.3. The van der Waals surface area contributed by atoms with Crippen LogP contribution < -0.4 is 10.6 Å². The topological polar surface area (TPSA) is 78.4 Å². The van der Waals surface area contributed by atoms with E-state index in [0.29, 0.717) is 0 Å². The summed E-state index contributed by atoms with van der Waals surface area (Å²) in [6, 6.07) is 8.95. The minimum Gasteiger partial charge on any atom is -0.394 e. The smallest absolute Gasteiger partial charge is 0.245 e. The van der Waals surface area contributed by atoms with Crippen molar-refractivity contribution >= 4 is 11.8 Å². The predicted octanol–water partition coefficient (Wildman–Crippen LogP) is 1.25. The van der Waals surface area contributed by atoms with Gasteiger partial charge in [0.25, 0.3) is 0 Å². The molecule has 2 aliphatic rings. The summed E-state index contributed by atoms with van der Waals surface area (Å²) in [5.41, 5.74) is 0.452. The number of nitrogens with one attached hydrogen (secondary N) is 2. The van der Waals surface area contributed by atoms with Crippen molar-refractivity contribution in [1.29, 1.82) is 0 Å².